The first kappa shape index (κ1) is 13.7. The van der Waals surface area contributed by atoms with Crippen molar-refractivity contribution in [1.82, 2.24) is 0 Å². The average molecular weight is 333 g/mol. The highest BCUT2D eigenvalue weighted by molar-refractivity contribution is 9.09. The summed E-state index contributed by atoms with van der Waals surface area (Å²) in [5.74, 6) is 0.907. The molecule has 0 bridgehead atoms. The Kier molecular flexibility index (Phi) is 4.08. The lowest BCUT2D eigenvalue weighted by Crippen LogP contribution is -1.97. The molecule has 104 valence electrons. The first-order chi connectivity index (χ1) is 9.76. The first-order valence-electron chi connectivity index (χ1n) is 6.72. The maximum atomic E-state index is 5.47. The molecule has 0 saturated heterocycles. The molecule has 1 aliphatic rings. The number of halogens is 1. The van der Waals surface area contributed by atoms with E-state index in [1.165, 1.54) is 22.3 Å². The standard InChI is InChI=1S/C17H17BrO2/c1-19-16-4-2-3-12(7-16)8-17(18)13-5-6-14-10-20-11-15(14)9-13/h2-7,9,17H,8,10-11H2,1H3. The summed E-state index contributed by atoms with van der Waals surface area (Å²) in [7, 11) is 1.70. The number of methoxy groups -OCH3 is 1. The lowest BCUT2D eigenvalue weighted by Gasteiger charge is -2.12. The Bertz CT molecular complexity index is 610. The molecule has 1 atom stereocenters. The Morgan fingerprint density at radius 3 is 2.85 bits per heavy atom. The van der Waals surface area contributed by atoms with Gasteiger partial charge in [-0.3, -0.25) is 0 Å². The molecule has 20 heavy (non-hydrogen) atoms. The molecule has 0 aromatic heterocycles. The molecule has 3 heteroatoms. The monoisotopic (exact) mass is 332 g/mol. The van der Waals surface area contributed by atoms with Crippen LogP contribution in [-0.2, 0) is 24.4 Å². The van der Waals surface area contributed by atoms with E-state index in [2.05, 4.69) is 46.3 Å². The Balaban J connectivity index is 1.77. The van der Waals surface area contributed by atoms with Gasteiger partial charge in [0, 0.05) is 4.83 Å². The van der Waals surface area contributed by atoms with Crippen LogP contribution in [0.25, 0.3) is 0 Å². The molecule has 0 fully saturated rings. The van der Waals surface area contributed by atoms with Crippen LogP contribution in [0.4, 0.5) is 0 Å². The fraction of sp³-hybridized carbons (Fsp3) is 0.294. The summed E-state index contributed by atoms with van der Waals surface area (Å²) in [4.78, 5) is 0.306. The van der Waals surface area contributed by atoms with E-state index in [0.29, 0.717) is 4.83 Å². The number of rotatable bonds is 4. The normalized spacial score (nSPS) is 14.9. The second kappa shape index (κ2) is 5.98. The number of ether oxygens (including phenoxy) is 2. The molecule has 0 radical (unpaired) electrons. The smallest absolute Gasteiger partial charge is 0.119 e. The maximum Gasteiger partial charge on any atom is 0.119 e. The third-order valence-corrected chi connectivity index (χ3v) is 4.51. The zero-order valence-electron chi connectivity index (χ0n) is 11.4. The first-order valence-corrected chi connectivity index (χ1v) is 7.64. The predicted molar refractivity (Wildman–Crippen MR) is 83.3 cm³/mol. The van der Waals surface area contributed by atoms with E-state index < -0.39 is 0 Å². The number of hydrogen-bond acceptors (Lipinski definition) is 2. The van der Waals surface area contributed by atoms with Gasteiger partial charge in [0.05, 0.1) is 20.3 Å². The summed E-state index contributed by atoms with van der Waals surface area (Å²) >= 11 is 3.80. The van der Waals surface area contributed by atoms with E-state index in [9.17, 15) is 0 Å². The van der Waals surface area contributed by atoms with Crippen LogP contribution in [0.1, 0.15) is 27.1 Å². The van der Waals surface area contributed by atoms with E-state index in [-0.39, 0.29) is 0 Å². The molecule has 2 nitrogen and oxygen atoms in total. The van der Waals surface area contributed by atoms with Crippen LogP contribution in [0.5, 0.6) is 5.75 Å². The number of fused-ring (bicyclic) bond motifs is 1. The molecular formula is C17H17BrO2. The molecule has 2 aromatic rings. The lowest BCUT2D eigenvalue weighted by molar-refractivity contribution is 0.134. The van der Waals surface area contributed by atoms with Crippen LogP contribution in [0.3, 0.4) is 0 Å². The number of hydrogen-bond donors (Lipinski definition) is 0. The van der Waals surface area contributed by atoms with Gasteiger partial charge in [-0.1, -0.05) is 46.3 Å². The molecule has 3 rings (SSSR count). The van der Waals surface area contributed by atoms with Gasteiger partial charge in [0.25, 0.3) is 0 Å². The summed E-state index contributed by atoms with van der Waals surface area (Å²) in [6, 6.07) is 14.8. The van der Waals surface area contributed by atoms with Gasteiger partial charge < -0.3 is 9.47 Å². The van der Waals surface area contributed by atoms with Crippen molar-refractivity contribution in [3.63, 3.8) is 0 Å². The zero-order valence-corrected chi connectivity index (χ0v) is 13.0. The summed E-state index contributed by atoms with van der Waals surface area (Å²) in [5.41, 5.74) is 5.20. The van der Waals surface area contributed by atoms with Gasteiger partial charge in [0.15, 0.2) is 0 Å². The molecule has 0 N–H and O–H groups in total. The molecule has 0 spiro atoms. The molecule has 1 aliphatic heterocycles. The highest BCUT2D eigenvalue weighted by Gasteiger charge is 2.15. The van der Waals surface area contributed by atoms with Crippen LogP contribution in [0, 0.1) is 0 Å². The summed E-state index contributed by atoms with van der Waals surface area (Å²) in [6.07, 6.45) is 0.941. The van der Waals surface area contributed by atoms with Gasteiger partial charge in [0.2, 0.25) is 0 Å². The molecular weight excluding hydrogens is 316 g/mol. The highest BCUT2D eigenvalue weighted by atomic mass is 79.9. The van der Waals surface area contributed by atoms with E-state index in [1.807, 2.05) is 12.1 Å². The number of benzene rings is 2. The lowest BCUT2D eigenvalue weighted by atomic mass is 10.0. The molecule has 0 saturated carbocycles. The fourth-order valence-corrected chi connectivity index (χ4v) is 3.17. The Morgan fingerprint density at radius 1 is 1.15 bits per heavy atom. The van der Waals surface area contributed by atoms with Crippen molar-refractivity contribution in [2.24, 2.45) is 0 Å². The maximum absolute atomic E-state index is 5.47. The summed E-state index contributed by atoms with van der Waals surface area (Å²) < 4.78 is 10.7. The predicted octanol–water partition coefficient (Wildman–Crippen LogP) is 4.40. The van der Waals surface area contributed by atoms with Gasteiger partial charge in [0.1, 0.15) is 5.75 Å². The van der Waals surface area contributed by atoms with Gasteiger partial charge in [-0.2, -0.15) is 0 Å². The zero-order chi connectivity index (χ0) is 13.9. The fourth-order valence-electron chi connectivity index (χ4n) is 2.51. The van der Waals surface area contributed by atoms with Crippen molar-refractivity contribution in [1.29, 1.82) is 0 Å². The van der Waals surface area contributed by atoms with Crippen molar-refractivity contribution in [2.45, 2.75) is 24.5 Å². The van der Waals surface area contributed by atoms with E-state index in [1.54, 1.807) is 7.11 Å². The minimum atomic E-state index is 0.306. The molecule has 1 heterocycles. The topological polar surface area (TPSA) is 18.5 Å². The van der Waals surface area contributed by atoms with Gasteiger partial charge in [-0.05, 0) is 40.8 Å². The molecule has 0 amide bonds. The van der Waals surface area contributed by atoms with Crippen molar-refractivity contribution < 1.29 is 9.47 Å². The molecule has 1 unspecified atom stereocenters. The van der Waals surface area contributed by atoms with Crippen LogP contribution in [-0.4, -0.2) is 7.11 Å². The van der Waals surface area contributed by atoms with Gasteiger partial charge in [-0.15, -0.1) is 0 Å². The largest absolute Gasteiger partial charge is 0.497 e. The molecule has 0 aliphatic carbocycles. The third-order valence-electron chi connectivity index (χ3n) is 3.66. The second-order valence-electron chi connectivity index (χ2n) is 5.04. The second-order valence-corrected chi connectivity index (χ2v) is 6.15. The average Bonchev–Trinajstić information content (AvgIpc) is 2.94. The van der Waals surface area contributed by atoms with Crippen LogP contribution >= 0.6 is 15.9 Å². The quantitative estimate of drug-likeness (QED) is 0.772. The highest BCUT2D eigenvalue weighted by Crippen LogP contribution is 2.31. The minimum absolute atomic E-state index is 0.306. The number of alkyl halides is 1. The minimum Gasteiger partial charge on any atom is -0.497 e. The van der Waals surface area contributed by atoms with Gasteiger partial charge >= 0.3 is 0 Å². The van der Waals surface area contributed by atoms with Crippen LogP contribution < -0.4 is 4.74 Å². The van der Waals surface area contributed by atoms with Gasteiger partial charge in [-0.25, -0.2) is 0 Å². The molecule has 2 aromatic carbocycles. The van der Waals surface area contributed by atoms with Crippen molar-refractivity contribution >= 4 is 15.9 Å². The van der Waals surface area contributed by atoms with Crippen molar-refractivity contribution in [3.05, 3.63) is 64.7 Å². The van der Waals surface area contributed by atoms with Crippen molar-refractivity contribution in [3.8, 4) is 5.75 Å². The Morgan fingerprint density at radius 2 is 2.00 bits per heavy atom. The van der Waals surface area contributed by atoms with Crippen molar-refractivity contribution in [2.75, 3.05) is 7.11 Å². The Labute approximate surface area is 127 Å². The van der Waals surface area contributed by atoms with E-state index in [0.717, 1.165) is 25.4 Å². The van der Waals surface area contributed by atoms with Crippen LogP contribution in [0.15, 0.2) is 42.5 Å². The summed E-state index contributed by atoms with van der Waals surface area (Å²) in [6.45, 7) is 1.49. The van der Waals surface area contributed by atoms with E-state index in [4.69, 9.17) is 9.47 Å². The van der Waals surface area contributed by atoms with E-state index >= 15 is 0 Å². The SMILES string of the molecule is COc1cccc(CC(Br)c2ccc3c(c2)COC3)c1. The van der Waals surface area contributed by atoms with Crippen LogP contribution in [0.2, 0.25) is 0 Å². The third kappa shape index (κ3) is 2.89. The Hall–Kier alpha value is -1.32. The summed E-state index contributed by atoms with van der Waals surface area (Å²) in [5, 5.41) is 0.